The average molecular weight is 845 g/mol. The Morgan fingerprint density at radius 3 is 2.46 bits per heavy atom. The Hall–Kier alpha value is -6.34. The van der Waals surface area contributed by atoms with Gasteiger partial charge in [-0.3, -0.25) is 4.79 Å². The highest BCUT2D eigenvalue weighted by molar-refractivity contribution is 7.89. The number of hydrogen-bond donors (Lipinski definition) is 4. The van der Waals surface area contributed by atoms with E-state index in [2.05, 4.69) is 68.3 Å². The lowest BCUT2D eigenvalue weighted by Gasteiger charge is -2.17. The van der Waals surface area contributed by atoms with Crippen LogP contribution in [0.15, 0.2) is 63.8 Å². The molecule has 59 heavy (non-hydrogen) atoms. The third-order valence-electron chi connectivity index (χ3n) is 8.35. The van der Waals surface area contributed by atoms with Gasteiger partial charge < -0.3 is 30.2 Å². The van der Waals surface area contributed by atoms with Crippen LogP contribution in [0.5, 0.6) is 0 Å². The van der Waals surface area contributed by atoms with Crippen molar-refractivity contribution in [1.29, 1.82) is 5.26 Å². The lowest BCUT2D eigenvalue weighted by atomic mass is 10.1. The van der Waals surface area contributed by atoms with E-state index in [1.54, 1.807) is 27.0 Å². The molecule has 0 saturated heterocycles. The first-order valence-electron chi connectivity index (χ1n) is 18.1. The highest BCUT2D eigenvalue weighted by Crippen LogP contribution is 2.37. The van der Waals surface area contributed by atoms with Crippen molar-refractivity contribution in [1.82, 2.24) is 29.5 Å². The van der Waals surface area contributed by atoms with Crippen LogP contribution >= 0.6 is 11.3 Å². The summed E-state index contributed by atoms with van der Waals surface area (Å²) in [5, 5.41) is 33.4. The van der Waals surface area contributed by atoms with E-state index in [1.165, 1.54) is 30.1 Å². The largest absolute Gasteiger partial charge is 0.469 e. The number of fused-ring (bicyclic) bond motifs is 1. The first-order valence-corrected chi connectivity index (χ1v) is 20.4. The van der Waals surface area contributed by atoms with Gasteiger partial charge in [0.05, 0.1) is 48.1 Å². The number of aryl methyl sites for hydroxylation is 3. The van der Waals surface area contributed by atoms with Crippen molar-refractivity contribution in [2.45, 2.75) is 52.0 Å². The average Bonchev–Trinajstić information content (AvgIpc) is 3.81. The zero-order valence-corrected chi connectivity index (χ0v) is 35.2. The fraction of sp³-hybridized carbons (Fsp3) is 0.342. The zero-order chi connectivity index (χ0) is 42.9. The van der Waals surface area contributed by atoms with Crippen LogP contribution in [0.3, 0.4) is 0 Å². The summed E-state index contributed by atoms with van der Waals surface area (Å²) in [5.74, 6) is -0.181. The van der Waals surface area contributed by atoms with E-state index in [1.807, 2.05) is 32.9 Å². The smallest absolute Gasteiger partial charge is 0.333 e. The van der Waals surface area contributed by atoms with Crippen LogP contribution in [0.1, 0.15) is 42.5 Å². The molecule has 5 rings (SSSR count). The second-order valence-electron chi connectivity index (χ2n) is 13.2. The van der Waals surface area contributed by atoms with Gasteiger partial charge in [-0.2, -0.15) is 15.2 Å². The molecule has 1 unspecified atom stereocenters. The Balaban J connectivity index is 1.44. The molecule has 0 aliphatic carbocycles. The molecule has 0 spiro atoms. The number of nitriles is 1. The number of nitrogens with zero attached hydrogens (tertiary/aromatic N) is 8. The van der Waals surface area contributed by atoms with Gasteiger partial charge in [-0.15, -0.1) is 15.3 Å². The molecule has 1 atom stereocenters. The Morgan fingerprint density at radius 1 is 1.05 bits per heavy atom. The minimum atomic E-state index is -3.98. The first kappa shape index (κ1) is 43.8. The molecule has 0 aliphatic heterocycles. The number of sulfonamides is 1. The van der Waals surface area contributed by atoms with Crippen molar-refractivity contribution in [3.05, 3.63) is 70.9 Å². The molecule has 3 aromatic heterocycles. The molecule has 19 nitrogen and oxygen atoms in total. The number of aromatic nitrogens is 5. The summed E-state index contributed by atoms with van der Waals surface area (Å²) in [5.41, 5.74) is 4.94. The summed E-state index contributed by atoms with van der Waals surface area (Å²) in [6, 6.07) is 9.92. The van der Waals surface area contributed by atoms with Gasteiger partial charge in [0.1, 0.15) is 18.2 Å². The number of ether oxygens (including phenoxy) is 3. The summed E-state index contributed by atoms with van der Waals surface area (Å²) in [6.07, 6.45) is 1.31. The van der Waals surface area contributed by atoms with E-state index in [0.717, 1.165) is 33.7 Å². The number of anilines is 4. The van der Waals surface area contributed by atoms with Crippen LogP contribution < -0.4 is 20.7 Å². The Kier molecular flexibility index (Phi) is 14.4. The molecule has 21 heteroatoms. The molecule has 0 bridgehead atoms. The number of carbonyl (C=O) groups excluding carboxylic acids is 2. The predicted octanol–water partition coefficient (Wildman–Crippen LogP) is 6.05. The van der Waals surface area contributed by atoms with E-state index in [9.17, 15) is 23.3 Å². The number of rotatable bonds is 19. The van der Waals surface area contributed by atoms with Crippen molar-refractivity contribution >= 4 is 78.3 Å². The van der Waals surface area contributed by atoms with Crippen molar-refractivity contribution < 1.29 is 32.2 Å². The second kappa shape index (κ2) is 19.4. The molecular weight excluding hydrogens is 801 g/mol. The van der Waals surface area contributed by atoms with E-state index >= 15 is 0 Å². The SMILES string of the molecule is C=C(C)C(=O)OCCOCCNc1nc(NC)nc(Nc2c(C)cc(C)cc2C)c1/N=N/c1nn(-c2nc3ccc(S(=O)(=O)NC(C)CC(=O)OC)cc3s2)cc1C#N. The summed E-state index contributed by atoms with van der Waals surface area (Å²) < 4.78 is 45.9. The Labute approximate surface area is 345 Å². The number of benzene rings is 2. The third kappa shape index (κ3) is 11.2. The topological polar surface area (TPSA) is 249 Å². The number of hydrogen-bond acceptors (Lipinski definition) is 18. The van der Waals surface area contributed by atoms with Crippen LogP contribution in [0.4, 0.5) is 34.8 Å². The number of azo groups is 1. The van der Waals surface area contributed by atoms with Crippen molar-refractivity contribution in [3.63, 3.8) is 0 Å². The van der Waals surface area contributed by atoms with E-state index in [4.69, 9.17) is 9.47 Å². The predicted molar refractivity (Wildman–Crippen MR) is 223 cm³/mol. The van der Waals surface area contributed by atoms with Gasteiger partial charge in [-0.1, -0.05) is 35.6 Å². The van der Waals surface area contributed by atoms with Crippen molar-refractivity contribution in [3.8, 4) is 11.2 Å². The van der Waals surface area contributed by atoms with E-state index in [-0.39, 0.29) is 60.7 Å². The second-order valence-corrected chi connectivity index (χ2v) is 16.0. The van der Waals surface area contributed by atoms with Crippen LogP contribution in [-0.4, -0.2) is 91.7 Å². The summed E-state index contributed by atoms with van der Waals surface area (Å²) in [7, 11) is -1.06. The van der Waals surface area contributed by atoms with Crippen molar-refractivity contribution in [2.24, 2.45) is 10.2 Å². The molecule has 4 N–H and O–H groups in total. The molecule has 0 fully saturated rings. The van der Waals surface area contributed by atoms with Crippen molar-refractivity contribution in [2.75, 3.05) is 56.5 Å². The zero-order valence-electron chi connectivity index (χ0n) is 33.5. The van der Waals surface area contributed by atoms with Crippen LogP contribution in [0.2, 0.25) is 0 Å². The third-order valence-corrected chi connectivity index (χ3v) is 10.9. The number of thiazole rings is 1. The Bertz CT molecular complexity index is 2540. The minimum absolute atomic E-state index is 0.0170. The maximum atomic E-state index is 13.1. The molecule has 0 radical (unpaired) electrons. The fourth-order valence-electron chi connectivity index (χ4n) is 5.61. The number of methoxy groups -OCH3 is 1. The highest BCUT2D eigenvalue weighted by atomic mass is 32.2. The highest BCUT2D eigenvalue weighted by Gasteiger charge is 2.22. The van der Waals surface area contributed by atoms with Gasteiger partial charge in [0.2, 0.25) is 26.9 Å². The van der Waals surface area contributed by atoms with Gasteiger partial charge in [0, 0.05) is 30.9 Å². The molecule has 310 valence electrons. The lowest BCUT2D eigenvalue weighted by molar-refractivity contribution is -0.141. The maximum absolute atomic E-state index is 13.1. The standard InChI is InChI=1S/C38H44N12O7S2/c1-21(2)36(52)57-14-13-56-12-11-41-34-32(35(45-37(40-7)44-34)43-31-23(4)15-22(3)16-24(31)5)46-47-33-26(19-39)20-50(48-33)38-42-28-10-9-27(18-29(28)58-38)59(53,54)49-25(6)17-30(51)55-8/h9-10,15-16,18,20,25,49H,1,11-14,17H2,2-8H3,(H3,40,41,43,44,45)/b47-46+. The van der Waals surface area contributed by atoms with Gasteiger partial charge in [-0.05, 0) is 63.9 Å². The quantitative estimate of drug-likeness (QED) is 0.0320. The Morgan fingerprint density at radius 2 is 1.78 bits per heavy atom. The molecule has 0 aliphatic rings. The summed E-state index contributed by atoms with van der Waals surface area (Å²) in [4.78, 5) is 37.1. The molecule has 3 heterocycles. The van der Waals surface area contributed by atoms with E-state index < -0.39 is 28.0 Å². The molecule has 0 saturated carbocycles. The van der Waals surface area contributed by atoms with Crippen LogP contribution in [-0.2, 0) is 33.8 Å². The summed E-state index contributed by atoms with van der Waals surface area (Å²) >= 11 is 1.15. The van der Waals surface area contributed by atoms with Gasteiger partial charge >= 0.3 is 11.9 Å². The van der Waals surface area contributed by atoms with Crippen LogP contribution in [0.25, 0.3) is 15.3 Å². The maximum Gasteiger partial charge on any atom is 0.333 e. The van der Waals surface area contributed by atoms with E-state index in [0.29, 0.717) is 32.6 Å². The van der Waals surface area contributed by atoms with Gasteiger partial charge in [-0.25, -0.2) is 27.6 Å². The number of carbonyl (C=O) groups is 2. The number of nitrogens with one attached hydrogen (secondary N) is 4. The monoisotopic (exact) mass is 844 g/mol. The van der Waals surface area contributed by atoms with Gasteiger partial charge in [0.15, 0.2) is 17.3 Å². The lowest BCUT2D eigenvalue weighted by Crippen LogP contribution is -2.34. The first-order chi connectivity index (χ1) is 28.1. The molecule has 5 aromatic rings. The number of esters is 2. The normalized spacial score (nSPS) is 12.0. The van der Waals surface area contributed by atoms with Gasteiger partial charge in [0.25, 0.3) is 0 Å². The van der Waals surface area contributed by atoms with Crippen LogP contribution in [0, 0.1) is 32.1 Å². The fourth-order valence-corrected chi connectivity index (χ4v) is 7.88. The molecule has 2 aromatic carbocycles. The molecule has 0 amide bonds. The minimum Gasteiger partial charge on any atom is -0.469 e. The molecular formula is C38H44N12O7S2. The summed E-state index contributed by atoms with van der Waals surface area (Å²) in [6.45, 7) is 13.4.